The standard InChI is InChI=1S/C18H28N2/c1-15(2)7-5-3-4-6-11-19-14-16-8-9-18-17(13-16)10-12-20-18/h8-10,12-13,15,19-20H,3-7,11,14H2,1-2H3. The lowest BCUT2D eigenvalue weighted by molar-refractivity contribution is 0.512. The number of nitrogens with one attached hydrogen (secondary N) is 2. The highest BCUT2D eigenvalue weighted by molar-refractivity contribution is 5.79. The molecule has 2 aromatic rings. The monoisotopic (exact) mass is 272 g/mol. The first-order chi connectivity index (χ1) is 9.75. The van der Waals surface area contributed by atoms with Crippen molar-refractivity contribution in [3.63, 3.8) is 0 Å². The van der Waals surface area contributed by atoms with Gasteiger partial charge in [-0.1, -0.05) is 45.6 Å². The number of hydrogen-bond acceptors (Lipinski definition) is 1. The number of aromatic nitrogens is 1. The van der Waals surface area contributed by atoms with E-state index in [0.717, 1.165) is 19.0 Å². The maximum absolute atomic E-state index is 3.55. The van der Waals surface area contributed by atoms with E-state index in [-0.39, 0.29) is 0 Å². The number of unbranched alkanes of at least 4 members (excludes halogenated alkanes) is 3. The van der Waals surface area contributed by atoms with E-state index in [4.69, 9.17) is 0 Å². The minimum atomic E-state index is 0.858. The molecule has 1 aromatic heterocycles. The molecule has 0 aliphatic rings. The van der Waals surface area contributed by atoms with Crippen LogP contribution in [-0.4, -0.2) is 11.5 Å². The second kappa shape index (κ2) is 8.11. The first kappa shape index (κ1) is 15.1. The average molecular weight is 272 g/mol. The van der Waals surface area contributed by atoms with E-state index in [1.807, 2.05) is 6.20 Å². The lowest BCUT2D eigenvalue weighted by atomic mass is 10.0. The molecular weight excluding hydrogens is 244 g/mol. The van der Waals surface area contributed by atoms with E-state index < -0.39 is 0 Å². The molecule has 0 spiro atoms. The van der Waals surface area contributed by atoms with Crippen LogP contribution in [0.3, 0.4) is 0 Å². The smallest absolute Gasteiger partial charge is 0.0454 e. The van der Waals surface area contributed by atoms with Crippen molar-refractivity contribution in [2.45, 2.75) is 52.5 Å². The minimum absolute atomic E-state index is 0.858. The van der Waals surface area contributed by atoms with Crippen molar-refractivity contribution in [2.75, 3.05) is 6.54 Å². The third kappa shape index (κ3) is 5.01. The Labute approximate surface area is 123 Å². The second-order valence-corrected chi connectivity index (χ2v) is 6.17. The van der Waals surface area contributed by atoms with Crippen LogP contribution in [0.25, 0.3) is 10.9 Å². The topological polar surface area (TPSA) is 27.8 Å². The van der Waals surface area contributed by atoms with Crippen molar-refractivity contribution in [3.8, 4) is 0 Å². The van der Waals surface area contributed by atoms with E-state index in [1.54, 1.807) is 0 Å². The third-order valence-electron chi connectivity index (χ3n) is 3.83. The van der Waals surface area contributed by atoms with Crippen molar-refractivity contribution in [1.82, 2.24) is 10.3 Å². The molecule has 2 rings (SSSR count). The molecule has 0 aliphatic heterocycles. The molecular formula is C18H28N2. The van der Waals surface area contributed by atoms with Gasteiger partial charge < -0.3 is 10.3 Å². The molecule has 0 aliphatic carbocycles. The molecule has 2 nitrogen and oxygen atoms in total. The van der Waals surface area contributed by atoms with E-state index in [0.29, 0.717) is 0 Å². The zero-order valence-electron chi connectivity index (χ0n) is 12.9. The summed E-state index contributed by atoms with van der Waals surface area (Å²) in [6.07, 6.45) is 8.81. The number of fused-ring (bicyclic) bond motifs is 1. The van der Waals surface area contributed by atoms with E-state index in [2.05, 4.69) is 48.4 Å². The van der Waals surface area contributed by atoms with E-state index in [9.17, 15) is 0 Å². The van der Waals surface area contributed by atoms with Crippen LogP contribution in [0.15, 0.2) is 30.5 Å². The Morgan fingerprint density at radius 1 is 1.05 bits per heavy atom. The van der Waals surface area contributed by atoms with Crippen molar-refractivity contribution in [3.05, 3.63) is 36.0 Å². The molecule has 0 radical (unpaired) electrons. The van der Waals surface area contributed by atoms with Crippen LogP contribution in [-0.2, 0) is 6.54 Å². The van der Waals surface area contributed by atoms with Crippen LogP contribution in [0.1, 0.15) is 51.5 Å². The van der Waals surface area contributed by atoms with Crippen LogP contribution >= 0.6 is 0 Å². The van der Waals surface area contributed by atoms with Crippen LogP contribution in [0.4, 0.5) is 0 Å². The molecule has 1 heterocycles. The van der Waals surface area contributed by atoms with E-state index >= 15 is 0 Å². The van der Waals surface area contributed by atoms with E-state index in [1.165, 1.54) is 48.6 Å². The van der Waals surface area contributed by atoms with Gasteiger partial charge in [0.1, 0.15) is 0 Å². The number of aromatic amines is 1. The Balaban J connectivity index is 1.56. The summed E-state index contributed by atoms with van der Waals surface area (Å²) in [5, 5.41) is 4.85. The summed E-state index contributed by atoms with van der Waals surface area (Å²) in [5.74, 6) is 0.858. The third-order valence-corrected chi connectivity index (χ3v) is 3.83. The molecule has 2 heteroatoms. The number of hydrogen-bond donors (Lipinski definition) is 2. The number of H-pyrrole nitrogens is 1. The molecule has 0 saturated carbocycles. The van der Waals surface area contributed by atoms with Crippen LogP contribution < -0.4 is 5.32 Å². The van der Waals surface area contributed by atoms with Gasteiger partial charge in [-0.3, -0.25) is 0 Å². The molecule has 1 aromatic carbocycles. The van der Waals surface area contributed by atoms with Crippen LogP contribution in [0.2, 0.25) is 0 Å². The summed E-state index contributed by atoms with van der Waals surface area (Å²) in [6.45, 7) is 6.73. The minimum Gasteiger partial charge on any atom is -0.361 e. The zero-order valence-corrected chi connectivity index (χ0v) is 12.9. The van der Waals surface area contributed by atoms with Gasteiger partial charge in [0.15, 0.2) is 0 Å². The molecule has 0 fully saturated rings. The summed E-state index contributed by atoms with van der Waals surface area (Å²) < 4.78 is 0. The fourth-order valence-electron chi connectivity index (χ4n) is 2.60. The maximum Gasteiger partial charge on any atom is 0.0454 e. The first-order valence-corrected chi connectivity index (χ1v) is 8.02. The van der Waals surface area contributed by atoms with Gasteiger partial charge in [0.25, 0.3) is 0 Å². The van der Waals surface area contributed by atoms with Crippen LogP contribution in [0, 0.1) is 5.92 Å². The van der Waals surface area contributed by atoms with Gasteiger partial charge in [-0.05, 0) is 48.0 Å². The molecule has 0 unspecified atom stereocenters. The van der Waals surface area contributed by atoms with Crippen molar-refractivity contribution >= 4 is 10.9 Å². The lowest BCUT2D eigenvalue weighted by Crippen LogP contribution is -2.14. The second-order valence-electron chi connectivity index (χ2n) is 6.17. The van der Waals surface area contributed by atoms with Crippen molar-refractivity contribution in [1.29, 1.82) is 0 Å². The number of benzene rings is 1. The Bertz CT molecular complexity index is 499. The zero-order chi connectivity index (χ0) is 14.2. The predicted octanol–water partition coefficient (Wildman–Crippen LogP) is 4.86. The highest BCUT2D eigenvalue weighted by Gasteiger charge is 1.98. The normalized spacial score (nSPS) is 11.6. The summed E-state index contributed by atoms with van der Waals surface area (Å²) in [7, 11) is 0. The molecule has 20 heavy (non-hydrogen) atoms. The first-order valence-electron chi connectivity index (χ1n) is 8.02. The Kier molecular flexibility index (Phi) is 6.13. The Morgan fingerprint density at radius 3 is 2.75 bits per heavy atom. The molecule has 0 saturated heterocycles. The highest BCUT2D eigenvalue weighted by Crippen LogP contribution is 2.14. The van der Waals surface area contributed by atoms with Crippen molar-refractivity contribution in [2.24, 2.45) is 5.92 Å². The molecule has 0 atom stereocenters. The fraction of sp³-hybridized carbons (Fsp3) is 0.556. The largest absolute Gasteiger partial charge is 0.361 e. The van der Waals surface area contributed by atoms with Gasteiger partial charge in [0, 0.05) is 18.3 Å². The van der Waals surface area contributed by atoms with Gasteiger partial charge in [-0.15, -0.1) is 0 Å². The van der Waals surface area contributed by atoms with Gasteiger partial charge in [-0.2, -0.15) is 0 Å². The average Bonchev–Trinajstić information content (AvgIpc) is 2.89. The summed E-state index contributed by atoms with van der Waals surface area (Å²) >= 11 is 0. The fourth-order valence-corrected chi connectivity index (χ4v) is 2.60. The van der Waals surface area contributed by atoms with Crippen LogP contribution in [0.5, 0.6) is 0 Å². The SMILES string of the molecule is CC(C)CCCCCCNCc1ccc2[nH]ccc2c1. The molecule has 2 N–H and O–H groups in total. The Morgan fingerprint density at radius 2 is 1.90 bits per heavy atom. The summed E-state index contributed by atoms with van der Waals surface area (Å²) in [5.41, 5.74) is 2.59. The van der Waals surface area contributed by atoms with Gasteiger partial charge in [0.05, 0.1) is 0 Å². The molecule has 110 valence electrons. The highest BCUT2D eigenvalue weighted by atomic mass is 14.8. The van der Waals surface area contributed by atoms with Gasteiger partial charge in [-0.25, -0.2) is 0 Å². The summed E-state index contributed by atoms with van der Waals surface area (Å²) in [4.78, 5) is 3.23. The molecule has 0 amide bonds. The predicted molar refractivity (Wildman–Crippen MR) is 87.9 cm³/mol. The van der Waals surface area contributed by atoms with Crippen molar-refractivity contribution < 1.29 is 0 Å². The molecule has 0 bridgehead atoms. The lowest BCUT2D eigenvalue weighted by Gasteiger charge is -2.06. The van der Waals surface area contributed by atoms with Gasteiger partial charge >= 0.3 is 0 Å². The Hall–Kier alpha value is -1.28. The number of rotatable bonds is 9. The maximum atomic E-state index is 3.55. The summed E-state index contributed by atoms with van der Waals surface area (Å²) in [6, 6.07) is 8.77. The van der Waals surface area contributed by atoms with Gasteiger partial charge in [0.2, 0.25) is 0 Å². The quantitative estimate of drug-likeness (QED) is 0.627.